The maximum absolute atomic E-state index is 12.5. The molecule has 6 heteroatoms. The van der Waals surface area contributed by atoms with Gasteiger partial charge in [0.2, 0.25) is 5.76 Å². The van der Waals surface area contributed by atoms with E-state index in [0.717, 1.165) is 0 Å². The molecule has 23 heavy (non-hydrogen) atoms. The number of hydrogen-bond acceptors (Lipinski definition) is 5. The first-order valence-corrected chi connectivity index (χ1v) is 7.45. The maximum atomic E-state index is 12.5. The Hall–Kier alpha value is -2.76. The lowest BCUT2D eigenvalue weighted by atomic mass is 10.2. The van der Waals surface area contributed by atoms with Crippen LogP contribution in [0.2, 0.25) is 0 Å². The van der Waals surface area contributed by atoms with Crippen LogP contribution in [0.1, 0.15) is 30.1 Å². The summed E-state index contributed by atoms with van der Waals surface area (Å²) in [7, 11) is 0. The van der Waals surface area contributed by atoms with Crippen LogP contribution in [-0.2, 0) is 6.54 Å². The molecule has 0 fully saturated rings. The van der Waals surface area contributed by atoms with E-state index in [1.165, 1.54) is 6.26 Å². The number of nitrogens with zero attached hydrogens (tertiary/aromatic N) is 2. The number of rotatable bonds is 6. The van der Waals surface area contributed by atoms with Gasteiger partial charge in [-0.25, -0.2) is 0 Å². The zero-order valence-corrected chi connectivity index (χ0v) is 13.1. The van der Waals surface area contributed by atoms with Gasteiger partial charge < -0.3 is 18.3 Å². The van der Waals surface area contributed by atoms with E-state index < -0.39 is 0 Å². The van der Waals surface area contributed by atoms with Gasteiger partial charge in [-0.2, -0.15) is 0 Å². The third kappa shape index (κ3) is 3.53. The average molecular weight is 314 g/mol. The van der Waals surface area contributed by atoms with Crippen LogP contribution in [-0.4, -0.2) is 22.5 Å². The predicted molar refractivity (Wildman–Crippen MR) is 82.5 cm³/mol. The van der Waals surface area contributed by atoms with Crippen LogP contribution in [0.4, 0.5) is 0 Å². The molecule has 0 aliphatic heterocycles. The van der Waals surface area contributed by atoms with Crippen molar-refractivity contribution in [1.29, 1.82) is 0 Å². The Bertz CT molecular complexity index is 742. The van der Waals surface area contributed by atoms with Crippen molar-refractivity contribution < 1.29 is 18.2 Å². The van der Waals surface area contributed by atoms with E-state index in [1.807, 2.05) is 0 Å². The summed E-state index contributed by atoms with van der Waals surface area (Å²) in [5, 5.41) is 4.02. The molecule has 3 aromatic heterocycles. The Morgan fingerprint density at radius 1 is 1.17 bits per heavy atom. The summed E-state index contributed by atoms with van der Waals surface area (Å²) in [5.41, 5.74) is 0.664. The molecule has 6 nitrogen and oxygen atoms in total. The lowest BCUT2D eigenvalue weighted by molar-refractivity contribution is 0.0686. The van der Waals surface area contributed by atoms with Crippen molar-refractivity contribution in [2.45, 2.75) is 20.4 Å². The molecule has 0 radical (unpaired) electrons. The molecule has 3 heterocycles. The van der Waals surface area contributed by atoms with Crippen LogP contribution in [0.3, 0.4) is 0 Å². The molecule has 0 unspecified atom stereocenters. The van der Waals surface area contributed by atoms with Crippen molar-refractivity contribution in [2.24, 2.45) is 5.92 Å². The molecule has 1 amide bonds. The van der Waals surface area contributed by atoms with Gasteiger partial charge in [0, 0.05) is 12.6 Å². The molecule has 0 atom stereocenters. The van der Waals surface area contributed by atoms with Crippen molar-refractivity contribution in [2.75, 3.05) is 6.54 Å². The fraction of sp³-hybridized carbons (Fsp3) is 0.294. The van der Waals surface area contributed by atoms with E-state index in [9.17, 15) is 4.79 Å². The third-order valence-corrected chi connectivity index (χ3v) is 3.28. The minimum Gasteiger partial charge on any atom is -0.461 e. The minimum absolute atomic E-state index is 0.161. The van der Waals surface area contributed by atoms with Crippen LogP contribution >= 0.6 is 0 Å². The molecule has 3 aromatic rings. The molecule has 0 bridgehead atoms. The second-order valence-electron chi connectivity index (χ2n) is 5.72. The summed E-state index contributed by atoms with van der Waals surface area (Å²) < 4.78 is 15.8. The topological polar surface area (TPSA) is 72.6 Å². The first kappa shape index (κ1) is 15.1. The predicted octanol–water partition coefficient (Wildman–Crippen LogP) is 3.83. The van der Waals surface area contributed by atoms with Crippen molar-refractivity contribution in [1.82, 2.24) is 10.1 Å². The van der Waals surface area contributed by atoms with Crippen molar-refractivity contribution in [3.63, 3.8) is 0 Å². The lowest BCUT2D eigenvalue weighted by Crippen LogP contribution is -2.33. The Morgan fingerprint density at radius 3 is 2.61 bits per heavy atom. The zero-order chi connectivity index (χ0) is 16.2. The van der Waals surface area contributed by atoms with Gasteiger partial charge >= 0.3 is 0 Å². The molecular formula is C17H18N2O4. The summed E-state index contributed by atoms with van der Waals surface area (Å²) in [6.45, 7) is 5.06. The summed E-state index contributed by atoms with van der Waals surface area (Å²) in [4.78, 5) is 14.2. The van der Waals surface area contributed by atoms with Crippen molar-refractivity contribution >= 4 is 5.91 Å². The second-order valence-corrected chi connectivity index (χ2v) is 5.72. The number of aromatic nitrogens is 1. The quantitative estimate of drug-likeness (QED) is 0.691. The normalized spacial score (nSPS) is 11.1. The molecule has 0 saturated carbocycles. The maximum Gasteiger partial charge on any atom is 0.289 e. The summed E-state index contributed by atoms with van der Waals surface area (Å²) >= 11 is 0. The SMILES string of the molecule is CC(C)CN(Cc1cc(-c2ccco2)on1)C(=O)c1ccco1. The van der Waals surface area contributed by atoms with Gasteiger partial charge in [0.1, 0.15) is 5.69 Å². The highest BCUT2D eigenvalue weighted by Gasteiger charge is 2.21. The summed E-state index contributed by atoms with van der Waals surface area (Å²) in [6.07, 6.45) is 3.06. The van der Waals surface area contributed by atoms with E-state index in [4.69, 9.17) is 13.4 Å². The number of amides is 1. The van der Waals surface area contributed by atoms with Crippen LogP contribution in [0.5, 0.6) is 0 Å². The highest BCUT2D eigenvalue weighted by Crippen LogP contribution is 2.22. The zero-order valence-electron chi connectivity index (χ0n) is 13.1. The average Bonchev–Trinajstić information content (AvgIpc) is 3.26. The molecule has 3 rings (SSSR count). The number of furan rings is 2. The van der Waals surface area contributed by atoms with Crippen LogP contribution in [0.25, 0.3) is 11.5 Å². The Morgan fingerprint density at radius 2 is 1.96 bits per heavy atom. The van der Waals surface area contributed by atoms with Crippen molar-refractivity contribution in [3.8, 4) is 11.5 Å². The smallest absolute Gasteiger partial charge is 0.289 e. The van der Waals surface area contributed by atoms with Gasteiger partial charge in [-0.1, -0.05) is 19.0 Å². The Kier molecular flexibility index (Phi) is 4.32. The van der Waals surface area contributed by atoms with Gasteiger partial charge in [0.25, 0.3) is 5.91 Å². The highest BCUT2D eigenvalue weighted by molar-refractivity contribution is 5.91. The largest absolute Gasteiger partial charge is 0.461 e. The molecule has 0 N–H and O–H groups in total. The van der Waals surface area contributed by atoms with Crippen LogP contribution in [0.15, 0.2) is 56.2 Å². The fourth-order valence-corrected chi connectivity index (χ4v) is 2.33. The van der Waals surface area contributed by atoms with Gasteiger partial charge in [0.05, 0.1) is 19.1 Å². The Labute approximate surface area is 133 Å². The molecule has 0 aliphatic carbocycles. The first-order valence-electron chi connectivity index (χ1n) is 7.45. The van der Waals surface area contributed by atoms with Crippen LogP contribution < -0.4 is 0 Å². The van der Waals surface area contributed by atoms with Gasteiger partial charge in [0.15, 0.2) is 11.5 Å². The molecule has 0 spiro atoms. The fourth-order valence-electron chi connectivity index (χ4n) is 2.33. The standard InChI is InChI=1S/C17H18N2O4/c1-12(2)10-19(17(20)15-6-4-8-22-15)11-13-9-16(23-18-13)14-5-3-7-21-14/h3-9,12H,10-11H2,1-2H3. The van der Waals surface area contributed by atoms with Crippen LogP contribution in [0, 0.1) is 5.92 Å². The molecule has 0 saturated heterocycles. The van der Waals surface area contributed by atoms with E-state index in [0.29, 0.717) is 42.0 Å². The van der Waals surface area contributed by atoms with Crippen molar-refractivity contribution in [3.05, 3.63) is 54.3 Å². The van der Waals surface area contributed by atoms with E-state index in [2.05, 4.69) is 19.0 Å². The molecule has 0 aliphatic rings. The number of carbonyl (C=O) groups is 1. The lowest BCUT2D eigenvalue weighted by Gasteiger charge is -2.22. The molecule has 120 valence electrons. The monoisotopic (exact) mass is 314 g/mol. The summed E-state index contributed by atoms with van der Waals surface area (Å²) in [5.74, 6) is 1.63. The minimum atomic E-state index is -0.161. The molecular weight excluding hydrogens is 296 g/mol. The third-order valence-electron chi connectivity index (χ3n) is 3.28. The van der Waals surface area contributed by atoms with E-state index in [1.54, 1.807) is 41.5 Å². The first-order chi connectivity index (χ1) is 11.1. The number of hydrogen-bond donors (Lipinski definition) is 0. The highest BCUT2D eigenvalue weighted by atomic mass is 16.5. The van der Waals surface area contributed by atoms with Gasteiger partial charge in [-0.15, -0.1) is 0 Å². The van der Waals surface area contributed by atoms with Gasteiger partial charge in [-0.3, -0.25) is 4.79 Å². The Balaban J connectivity index is 1.77. The number of carbonyl (C=O) groups excluding carboxylic acids is 1. The van der Waals surface area contributed by atoms with E-state index in [-0.39, 0.29) is 5.91 Å². The van der Waals surface area contributed by atoms with E-state index >= 15 is 0 Å². The summed E-state index contributed by atoms with van der Waals surface area (Å²) in [6, 6.07) is 8.72. The molecule has 0 aromatic carbocycles. The van der Waals surface area contributed by atoms with Gasteiger partial charge in [-0.05, 0) is 30.2 Å². The second kappa shape index (κ2) is 6.56.